The number of fused-ring (bicyclic) bond motifs is 2. The third-order valence-corrected chi connectivity index (χ3v) is 6.56. The van der Waals surface area contributed by atoms with Crippen LogP contribution in [0.1, 0.15) is 23.7 Å². The lowest BCUT2D eigenvalue weighted by molar-refractivity contribution is -0.120. The first kappa shape index (κ1) is 19.6. The zero-order valence-electron chi connectivity index (χ0n) is 17.4. The number of carbonyl (C=O) groups is 1. The summed E-state index contributed by atoms with van der Waals surface area (Å²) >= 11 is 1.57. The SMILES string of the molecule is CCc1ccc(-c2cn3c(CC(=O)NCCc4c[nH]c5ccccc45)csc3n2)cc1. The van der Waals surface area contributed by atoms with Crippen molar-refractivity contribution < 1.29 is 4.79 Å². The van der Waals surface area contributed by atoms with Gasteiger partial charge in [0.1, 0.15) is 0 Å². The molecule has 2 N–H and O–H groups in total. The molecule has 0 fully saturated rings. The Morgan fingerprint density at radius 1 is 1.16 bits per heavy atom. The summed E-state index contributed by atoms with van der Waals surface area (Å²) in [6.07, 6.45) is 6.23. The maximum atomic E-state index is 12.5. The summed E-state index contributed by atoms with van der Waals surface area (Å²) in [5.74, 6) is 0.0297. The highest BCUT2D eigenvalue weighted by atomic mass is 32.1. The van der Waals surface area contributed by atoms with Crippen LogP contribution in [0.25, 0.3) is 27.1 Å². The molecule has 5 nitrogen and oxygen atoms in total. The third-order valence-electron chi connectivity index (χ3n) is 5.67. The van der Waals surface area contributed by atoms with Gasteiger partial charge in [0.05, 0.1) is 12.1 Å². The first-order valence-electron chi connectivity index (χ1n) is 10.6. The Kier molecular flexibility index (Phi) is 5.30. The quantitative estimate of drug-likeness (QED) is 0.383. The van der Waals surface area contributed by atoms with Gasteiger partial charge in [0.2, 0.25) is 5.91 Å². The summed E-state index contributed by atoms with van der Waals surface area (Å²) in [7, 11) is 0. The average molecular weight is 429 g/mol. The predicted molar refractivity (Wildman–Crippen MR) is 127 cm³/mol. The van der Waals surface area contributed by atoms with Crippen molar-refractivity contribution in [2.24, 2.45) is 0 Å². The van der Waals surface area contributed by atoms with E-state index in [1.54, 1.807) is 11.3 Å². The Balaban J connectivity index is 1.23. The van der Waals surface area contributed by atoms with E-state index in [0.29, 0.717) is 13.0 Å². The van der Waals surface area contributed by atoms with E-state index in [2.05, 4.69) is 53.6 Å². The smallest absolute Gasteiger partial charge is 0.225 e. The molecule has 6 heteroatoms. The first-order chi connectivity index (χ1) is 15.2. The van der Waals surface area contributed by atoms with Crippen LogP contribution >= 0.6 is 11.3 Å². The number of hydrogen-bond donors (Lipinski definition) is 2. The van der Waals surface area contributed by atoms with Gasteiger partial charge in [-0.25, -0.2) is 4.98 Å². The predicted octanol–water partition coefficient (Wildman–Crippen LogP) is 5.01. The van der Waals surface area contributed by atoms with Gasteiger partial charge in [-0.2, -0.15) is 0 Å². The number of nitrogens with one attached hydrogen (secondary N) is 2. The van der Waals surface area contributed by atoms with Gasteiger partial charge < -0.3 is 10.3 Å². The van der Waals surface area contributed by atoms with Gasteiger partial charge in [-0.15, -0.1) is 11.3 Å². The maximum Gasteiger partial charge on any atom is 0.225 e. The number of imidazole rings is 1. The summed E-state index contributed by atoms with van der Waals surface area (Å²) in [6.45, 7) is 2.77. The minimum atomic E-state index is 0.0297. The monoisotopic (exact) mass is 428 g/mol. The Hall–Kier alpha value is -3.38. The lowest BCUT2D eigenvalue weighted by Crippen LogP contribution is -2.27. The van der Waals surface area contributed by atoms with Crippen LogP contribution in [0.3, 0.4) is 0 Å². The molecule has 0 aliphatic rings. The van der Waals surface area contributed by atoms with Crippen LogP contribution in [0.5, 0.6) is 0 Å². The zero-order valence-corrected chi connectivity index (χ0v) is 18.2. The van der Waals surface area contributed by atoms with Gasteiger partial charge in [-0.05, 0) is 30.0 Å². The zero-order chi connectivity index (χ0) is 21.2. The molecule has 0 aliphatic carbocycles. The topological polar surface area (TPSA) is 62.2 Å². The standard InChI is InChI=1S/C25H24N4OS/c1-2-17-7-9-18(10-8-17)23-15-29-20(16-31-25(29)28-23)13-24(30)26-12-11-19-14-27-22-6-4-3-5-21(19)22/h3-10,14-16,27H,2,11-13H2,1H3,(H,26,30). The number of nitrogens with zero attached hydrogens (tertiary/aromatic N) is 2. The second-order valence-electron chi connectivity index (χ2n) is 7.69. The number of rotatable bonds is 7. The molecular formula is C25H24N4OS. The minimum absolute atomic E-state index is 0.0297. The fraction of sp³-hybridized carbons (Fsp3) is 0.200. The molecule has 0 unspecified atom stereocenters. The van der Waals surface area contributed by atoms with Crippen molar-refractivity contribution in [2.75, 3.05) is 6.54 Å². The van der Waals surface area contributed by atoms with Gasteiger partial charge in [-0.1, -0.05) is 49.4 Å². The summed E-state index contributed by atoms with van der Waals surface area (Å²) in [4.78, 5) is 21.5. The first-order valence-corrected chi connectivity index (χ1v) is 11.5. The highest BCUT2D eigenvalue weighted by Gasteiger charge is 2.13. The molecular weight excluding hydrogens is 404 g/mol. The van der Waals surface area contributed by atoms with Gasteiger partial charge in [0.25, 0.3) is 0 Å². The van der Waals surface area contributed by atoms with Crippen molar-refractivity contribution in [3.05, 3.63) is 83.1 Å². The molecule has 0 saturated heterocycles. The van der Waals surface area contributed by atoms with E-state index >= 15 is 0 Å². The van der Waals surface area contributed by atoms with Crippen molar-refractivity contribution in [2.45, 2.75) is 26.2 Å². The van der Waals surface area contributed by atoms with E-state index in [-0.39, 0.29) is 5.91 Å². The van der Waals surface area contributed by atoms with Crippen LogP contribution in [0, 0.1) is 0 Å². The number of amides is 1. The summed E-state index contributed by atoms with van der Waals surface area (Å²) in [5, 5.41) is 6.29. The molecule has 0 saturated carbocycles. The van der Waals surface area contributed by atoms with Crippen molar-refractivity contribution in [1.29, 1.82) is 0 Å². The molecule has 2 aromatic carbocycles. The molecule has 3 aromatic heterocycles. The largest absolute Gasteiger partial charge is 0.361 e. The molecule has 0 spiro atoms. The lowest BCUT2D eigenvalue weighted by atomic mass is 10.1. The van der Waals surface area contributed by atoms with E-state index in [0.717, 1.165) is 40.3 Å². The van der Waals surface area contributed by atoms with Crippen molar-refractivity contribution >= 4 is 33.1 Å². The maximum absolute atomic E-state index is 12.5. The summed E-state index contributed by atoms with van der Waals surface area (Å²) in [6, 6.07) is 16.8. The van der Waals surface area contributed by atoms with Gasteiger partial charge >= 0.3 is 0 Å². The number of carbonyl (C=O) groups excluding carboxylic acids is 1. The molecule has 0 bridgehead atoms. The minimum Gasteiger partial charge on any atom is -0.361 e. The number of aromatic nitrogens is 3. The normalized spacial score (nSPS) is 11.4. The van der Waals surface area contributed by atoms with Crippen LogP contribution < -0.4 is 5.32 Å². The third kappa shape index (κ3) is 3.99. The second-order valence-corrected chi connectivity index (χ2v) is 8.53. The Labute approximate surface area is 184 Å². The van der Waals surface area contributed by atoms with Gasteiger partial charge in [-0.3, -0.25) is 9.20 Å². The van der Waals surface area contributed by atoms with Crippen molar-refractivity contribution in [1.82, 2.24) is 19.7 Å². The Morgan fingerprint density at radius 3 is 2.84 bits per heavy atom. The van der Waals surface area contributed by atoms with E-state index in [1.807, 2.05) is 34.3 Å². The molecule has 0 radical (unpaired) electrons. The fourth-order valence-electron chi connectivity index (χ4n) is 3.91. The van der Waals surface area contributed by atoms with Crippen LogP contribution in [-0.2, 0) is 24.1 Å². The highest BCUT2D eigenvalue weighted by Crippen LogP contribution is 2.24. The number of hydrogen-bond acceptors (Lipinski definition) is 3. The van der Waals surface area contributed by atoms with E-state index in [1.165, 1.54) is 16.5 Å². The summed E-state index contributed by atoms with van der Waals surface area (Å²) < 4.78 is 2.03. The number of para-hydroxylation sites is 1. The fourth-order valence-corrected chi connectivity index (χ4v) is 4.78. The molecule has 3 heterocycles. The van der Waals surface area contributed by atoms with Crippen LogP contribution in [0.2, 0.25) is 0 Å². The average Bonchev–Trinajstić information content (AvgIpc) is 3.50. The van der Waals surface area contributed by atoms with Crippen LogP contribution in [-0.4, -0.2) is 26.8 Å². The number of benzene rings is 2. The van der Waals surface area contributed by atoms with E-state index in [4.69, 9.17) is 4.98 Å². The second kappa shape index (κ2) is 8.40. The van der Waals surface area contributed by atoms with E-state index in [9.17, 15) is 4.79 Å². The molecule has 5 aromatic rings. The number of aromatic amines is 1. The molecule has 0 atom stereocenters. The van der Waals surface area contributed by atoms with Crippen molar-refractivity contribution in [3.8, 4) is 11.3 Å². The number of thiazole rings is 1. The summed E-state index contributed by atoms with van der Waals surface area (Å²) in [5.41, 5.74) is 6.67. The van der Waals surface area contributed by atoms with Gasteiger partial charge in [0.15, 0.2) is 4.96 Å². The molecule has 31 heavy (non-hydrogen) atoms. The Bertz CT molecular complexity index is 1340. The van der Waals surface area contributed by atoms with Gasteiger partial charge in [0, 0.05) is 46.5 Å². The number of aryl methyl sites for hydroxylation is 1. The lowest BCUT2D eigenvalue weighted by Gasteiger charge is -2.05. The van der Waals surface area contributed by atoms with Crippen LogP contribution in [0.4, 0.5) is 0 Å². The van der Waals surface area contributed by atoms with Crippen molar-refractivity contribution in [3.63, 3.8) is 0 Å². The Morgan fingerprint density at radius 2 is 2.00 bits per heavy atom. The number of H-pyrrole nitrogens is 1. The molecule has 156 valence electrons. The van der Waals surface area contributed by atoms with Crippen LogP contribution in [0.15, 0.2) is 66.3 Å². The molecule has 1 amide bonds. The molecule has 0 aliphatic heterocycles. The highest BCUT2D eigenvalue weighted by molar-refractivity contribution is 7.15. The van der Waals surface area contributed by atoms with E-state index < -0.39 is 0 Å². The molecule has 5 rings (SSSR count).